The molecule has 7 rings (SSSR count). The number of carbonyl (C=O) groups is 2. The van der Waals surface area contributed by atoms with Crippen LogP contribution >= 0.6 is 0 Å². The number of amides is 3. The minimum absolute atomic E-state index is 0.0831. The molecule has 6 bridgehead atoms. The molecule has 156 valence electrons. The first-order valence-electron chi connectivity index (χ1n) is 11.3. The Labute approximate surface area is 168 Å². The Hall–Kier alpha value is -1.30. The van der Waals surface area contributed by atoms with Crippen molar-refractivity contribution in [2.45, 2.75) is 88.9 Å². The molecule has 0 spiro atoms. The molecule has 0 radical (unpaired) electrons. The summed E-state index contributed by atoms with van der Waals surface area (Å²) in [5, 5.41) is 6.56. The predicted molar refractivity (Wildman–Crippen MR) is 108 cm³/mol. The molecule has 7 aliphatic rings. The Morgan fingerprint density at radius 1 is 0.929 bits per heavy atom. The summed E-state index contributed by atoms with van der Waals surface area (Å²) >= 11 is 0. The lowest BCUT2D eigenvalue weighted by Crippen LogP contribution is -2.72. The molecule has 4 aliphatic carbocycles. The van der Waals surface area contributed by atoms with Gasteiger partial charge in [-0.05, 0) is 83.5 Å². The van der Waals surface area contributed by atoms with Crippen LogP contribution in [0, 0.1) is 17.8 Å². The van der Waals surface area contributed by atoms with Gasteiger partial charge in [-0.3, -0.25) is 9.69 Å². The number of carbonyl (C=O) groups excluding carboxylic acids is 2. The predicted octanol–water partition coefficient (Wildman–Crippen LogP) is 2.34. The van der Waals surface area contributed by atoms with Gasteiger partial charge in [0.2, 0.25) is 5.91 Å². The third-order valence-corrected chi connectivity index (χ3v) is 7.88. The van der Waals surface area contributed by atoms with Crippen LogP contribution in [0.5, 0.6) is 0 Å². The zero-order valence-electron chi connectivity index (χ0n) is 17.7. The molecule has 2 N–H and O–H groups in total. The van der Waals surface area contributed by atoms with E-state index in [0.717, 1.165) is 37.3 Å². The molecule has 6 nitrogen and oxygen atoms in total. The van der Waals surface area contributed by atoms with Crippen molar-refractivity contribution in [3.05, 3.63) is 0 Å². The molecule has 4 saturated carbocycles. The average molecular weight is 389 g/mol. The normalized spacial score (nSPS) is 41.5. The van der Waals surface area contributed by atoms with Crippen LogP contribution in [0.1, 0.15) is 65.7 Å². The van der Waals surface area contributed by atoms with Crippen molar-refractivity contribution in [2.24, 2.45) is 17.8 Å². The molecule has 0 aromatic heterocycles. The van der Waals surface area contributed by atoms with E-state index in [4.69, 9.17) is 0 Å². The molecule has 3 saturated heterocycles. The van der Waals surface area contributed by atoms with E-state index in [0.29, 0.717) is 18.6 Å². The zero-order chi connectivity index (χ0) is 19.7. The summed E-state index contributed by atoms with van der Waals surface area (Å²) in [6.07, 6.45) is 8.90. The van der Waals surface area contributed by atoms with Gasteiger partial charge in [-0.2, -0.15) is 0 Å². The smallest absolute Gasteiger partial charge is 0.317 e. The lowest BCUT2D eigenvalue weighted by molar-refractivity contribution is -0.131. The van der Waals surface area contributed by atoms with Crippen LogP contribution in [0.15, 0.2) is 0 Å². The lowest BCUT2D eigenvalue weighted by Gasteiger charge is -2.59. The van der Waals surface area contributed by atoms with E-state index in [1.165, 1.54) is 38.5 Å². The van der Waals surface area contributed by atoms with E-state index in [-0.39, 0.29) is 23.0 Å². The third-order valence-electron chi connectivity index (χ3n) is 7.88. The maximum absolute atomic E-state index is 13.1. The van der Waals surface area contributed by atoms with Crippen LogP contribution < -0.4 is 10.6 Å². The SMILES string of the molecule is CC(C)(C)NC(=O)CN1C2CC1CN(C(=O)NC13CC4CC(CC(C4)C1)C3)C2. The molecule has 28 heavy (non-hydrogen) atoms. The summed E-state index contributed by atoms with van der Waals surface area (Å²) in [4.78, 5) is 29.7. The van der Waals surface area contributed by atoms with Crippen LogP contribution in [0.4, 0.5) is 4.79 Å². The molecule has 7 fully saturated rings. The first-order chi connectivity index (χ1) is 13.2. The van der Waals surface area contributed by atoms with Crippen molar-refractivity contribution in [3.63, 3.8) is 0 Å². The summed E-state index contributed by atoms with van der Waals surface area (Å²) in [6, 6.07) is 0.827. The second kappa shape index (κ2) is 6.35. The molecule has 6 heteroatoms. The van der Waals surface area contributed by atoms with E-state index in [9.17, 15) is 9.59 Å². The quantitative estimate of drug-likeness (QED) is 0.780. The molecule has 3 aliphatic heterocycles. The maximum Gasteiger partial charge on any atom is 0.317 e. The van der Waals surface area contributed by atoms with Crippen molar-refractivity contribution < 1.29 is 9.59 Å². The number of urea groups is 1. The second-order valence-electron chi connectivity index (χ2n) is 11.5. The molecule has 2 atom stereocenters. The van der Waals surface area contributed by atoms with Crippen molar-refractivity contribution in [2.75, 3.05) is 19.6 Å². The van der Waals surface area contributed by atoms with Crippen molar-refractivity contribution in [1.29, 1.82) is 0 Å². The molecular weight excluding hydrogens is 352 g/mol. The van der Waals surface area contributed by atoms with Gasteiger partial charge in [-0.1, -0.05) is 0 Å². The topological polar surface area (TPSA) is 64.7 Å². The van der Waals surface area contributed by atoms with Crippen LogP contribution in [0.2, 0.25) is 0 Å². The number of hydrogen-bond acceptors (Lipinski definition) is 3. The standard InChI is InChI=1S/C22H36N4O2/c1-21(2,3)23-19(27)13-26-17-7-18(26)12-25(11-17)20(28)24-22-8-14-4-15(9-22)6-16(5-14)10-22/h14-18H,4-13H2,1-3H3,(H,23,27)(H,24,28). The lowest BCUT2D eigenvalue weighted by atomic mass is 9.53. The van der Waals surface area contributed by atoms with Gasteiger partial charge in [0.1, 0.15) is 0 Å². The first kappa shape index (κ1) is 18.7. The molecule has 0 aromatic carbocycles. The second-order valence-corrected chi connectivity index (χ2v) is 11.5. The first-order valence-corrected chi connectivity index (χ1v) is 11.3. The van der Waals surface area contributed by atoms with Crippen LogP contribution in [0.25, 0.3) is 0 Å². The summed E-state index contributed by atoms with van der Waals surface area (Å²) in [6.45, 7) is 8.01. The molecule has 3 heterocycles. The third kappa shape index (κ3) is 3.42. The van der Waals surface area contributed by atoms with Gasteiger partial charge >= 0.3 is 6.03 Å². The van der Waals surface area contributed by atoms with Crippen molar-refractivity contribution in [1.82, 2.24) is 20.4 Å². The number of hydrogen-bond donors (Lipinski definition) is 2. The van der Waals surface area contributed by atoms with Crippen LogP contribution in [-0.2, 0) is 4.79 Å². The van der Waals surface area contributed by atoms with E-state index in [1.54, 1.807) is 0 Å². The fraction of sp³-hybridized carbons (Fsp3) is 0.909. The van der Waals surface area contributed by atoms with Gasteiger partial charge in [0.05, 0.1) is 6.54 Å². The zero-order valence-corrected chi connectivity index (χ0v) is 17.7. The minimum atomic E-state index is -0.194. The van der Waals surface area contributed by atoms with Gasteiger partial charge in [0.25, 0.3) is 0 Å². The highest BCUT2D eigenvalue weighted by Crippen LogP contribution is 2.55. The maximum atomic E-state index is 13.1. The van der Waals surface area contributed by atoms with Crippen LogP contribution in [-0.4, -0.2) is 64.5 Å². The average Bonchev–Trinajstić information content (AvgIpc) is 2.56. The van der Waals surface area contributed by atoms with Gasteiger partial charge in [0, 0.05) is 36.3 Å². The summed E-state index contributed by atoms with van der Waals surface area (Å²) in [7, 11) is 0. The Kier molecular flexibility index (Phi) is 4.24. The number of fused-ring (bicyclic) bond motifs is 2. The van der Waals surface area contributed by atoms with Gasteiger partial charge in [-0.25, -0.2) is 4.79 Å². The van der Waals surface area contributed by atoms with Crippen LogP contribution in [0.3, 0.4) is 0 Å². The number of piperidine rings is 1. The number of piperazine rings is 1. The largest absolute Gasteiger partial charge is 0.350 e. The number of nitrogens with one attached hydrogen (secondary N) is 2. The minimum Gasteiger partial charge on any atom is -0.350 e. The molecule has 0 aromatic rings. The number of rotatable bonds is 3. The molecule has 2 unspecified atom stereocenters. The summed E-state index contributed by atoms with van der Waals surface area (Å²) in [5.41, 5.74) is -0.111. The fourth-order valence-corrected chi connectivity index (χ4v) is 7.30. The van der Waals surface area contributed by atoms with E-state index in [2.05, 4.69) is 15.5 Å². The summed E-state index contributed by atoms with van der Waals surface area (Å²) < 4.78 is 0. The molecule has 3 amide bonds. The Morgan fingerprint density at radius 3 is 1.96 bits per heavy atom. The van der Waals surface area contributed by atoms with Gasteiger partial charge in [-0.15, -0.1) is 0 Å². The van der Waals surface area contributed by atoms with Gasteiger partial charge < -0.3 is 15.5 Å². The Balaban J connectivity index is 1.16. The van der Waals surface area contributed by atoms with Crippen molar-refractivity contribution >= 4 is 11.9 Å². The highest BCUT2D eigenvalue weighted by molar-refractivity contribution is 5.79. The van der Waals surface area contributed by atoms with E-state index < -0.39 is 0 Å². The van der Waals surface area contributed by atoms with Gasteiger partial charge in [0.15, 0.2) is 0 Å². The molecular formula is C22H36N4O2. The highest BCUT2D eigenvalue weighted by atomic mass is 16.2. The monoisotopic (exact) mass is 388 g/mol. The van der Waals surface area contributed by atoms with Crippen molar-refractivity contribution in [3.8, 4) is 0 Å². The number of nitrogens with zero attached hydrogens (tertiary/aromatic N) is 2. The van der Waals surface area contributed by atoms with E-state index >= 15 is 0 Å². The summed E-state index contributed by atoms with van der Waals surface area (Å²) in [5.74, 6) is 2.63. The highest BCUT2D eigenvalue weighted by Gasteiger charge is 2.53. The Bertz CT molecular complexity index is 623. The van der Waals surface area contributed by atoms with E-state index in [1.807, 2.05) is 25.7 Å². The Morgan fingerprint density at radius 2 is 1.46 bits per heavy atom. The fourth-order valence-electron chi connectivity index (χ4n) is 7.30.